The fraction of sp³-hybridized carbons (Fsp3) is 0.692. The highest BCUT2D eigenvalue weighted by atomic mass is 32.2. The number of nitrogens with zero attached hydrogens (tertiary/aromatic N) is 3. The largest absolute Gasteiger partial charge is 0.359 e. The molecular formula is C26H44N4OS. The Morgan fingerprint density at radius 3 is 2.72 bits per heavy atom. The molecule has 0 saturated carbocycles. The van der Waals surface area contributed by atoms with Crippen LogP contribution in [0.25, 0.3) is 5.57 Å². The second-order valence-electron chi connectivity index (χ2n) is 8.97. The van der Waals surface area contributed by atoms with E-state index in [4.69, 9.17) is 0 Å². The second kappa shape index (κ2) is 16.1. The normalized spacial score (nSPS) is 17.9. The maximum atomic E-state index is 10.2. The Balaban J connectivity index is 0.000000228. The van der Waals surface area contributed by atoms with Crippen molar-refractivity contribution in [3.8, 4) is 0 Å². The molecule has 2 heterocycles. The summed E-state index contributed by atoms with van der Waals surface area (Å²) in [6.45, 7) is 11.2. The zero-order chi connectivity index (χ0) is 23.0. The topological polar surface area (TPSA) is 50.2 Å². The lowest BCUT2D eigenvalue weighted by atomic mass is 10.0. The Morgan fingerprint density at radius 2 is 2.06 bits per heavy atom. The number of allylic oxidation sites excluding steroid dienone is 4. The monoisotopic (exact) mass is 460 g/mol. The SMILES string of the molecule is CCCC(CCNC=O)SN1CCC(C)CC1.CCCCn1cncc1C1=CC=CCC1. The predicted octanol–water partition coefficient (Wildman–Crippen LogP) is 6.09. The van der Waals surface area contributed by atoms with Crippen molar-refractivity contribution in [3.63, 3.8) is 0 Å². The standard InChI is InChI=1S/C13H26N2OS.C13H18N2/c1-3-4-13(5-8-14-11-16)17-15-9-6-12(2)7-10-15;1-2-3-9-15-11-14-10-13(15)12-7-5-4-6-8-12/h11-13H,3-10H2,1-2H3,(H,14,16);4-5,7,10-11H,2-3,6,8-9H2,1H3. The molecule has 180 valence electrons. The molecule has 32 heavy (non-hydrogen) atoms. The fourth-order valence-corrected chi connectivity index (χ4v) is 5.49. The molecule has 0 radical (unpaired) electrons. The third-order valence-electron chi connectivity index (χ3n) is 6.15. The predicted molar refractivity (Wildman–Crippen MR) is 138 cm³/mol. The van der Waals surface area contributed by atoms with Gasteiger partial charge in [0.05, 0.1) is 18.2 Å². The maximum Gasteiger partial charge on any atom is 0.207 e. The lowest BCUT2D eigenvalue weighted by Crippen LogP contribution is -2.30. The number of hydrogen-bond donors (Lipinski definition) is 1. The quantitative estimate of drug-likeness (QED) is 0.233. The zero-order valence-electron chi connectivity index (χ0n) is 20.5. The third kappa shape index (κ3) is 9.95. The molecule has 1 saturated heterocycles. The molecule has 1 aromatic heterocycles. The number of carbonyl (C=O) groups is 1. The van der Waals surface area contributed by atoms with Crippen LogP contribution in [-0.2, 0) is 11.3 Å². The van der Waals surface area contributed by atoms with E-state index in [0.29, 0.717) is 5.25 Å². The van der Waals surface area contributed by atoms with Crippen molar-refractivity contribution >= 4 is 23.9 Å². The Bertz CT molecular complexity index is 692. The van der Waals surface area contributed by atoms with Gasteiger partial charge in [0, 0.05) is 31.4 Å². The summed E-state index contributed by atoms with van der Waals surface area (Å²) in [5.74, 6) is 0.896. The molecule has 0 spiro atoms. The van der Waals surface area contributed by atoms with Gasteiger partial charge in [-0.3, -0.25) is 9.10 Å². The minimum absolute atomic E-state index is 0.667. The molecule has 1 aromatic rings. The van der Waals surface area contributed by atoms with E-state index in [-0.39, 0.29) is 0 Å². The second-order valence-corrected chi connectivity index (χ2v) is 10.4. The highest BCUT2D eigenvalue weighted by molar-refractivity contribution is 7.97. The first kappa shape index (κ1) is 26.7. The van der Waals surface area contributed by atoms with Crippen molar-refractivity contribution in [2.24, 2.45) is 5.92 Å². The lowest BCUT2D eigenvalue weighted by molar-refractivity contribution is -0.109. The van der Waals surface area contributed by atoms with Gasteiger partial charge in [-0.05, 0) is 56.4 Å². The first-order chi connectivity index (χ1) is 15.7. The van der Waals surface area contributed by atoms with Crippen LogP contribution in [0.5, 0.6) is 0 Å². The summed E-state index contributed by atoms with van der Waals surface area (Å²) in [4.78, 5) is 14.5. The van der Waals surface area contributed by atoms with Gasteiger partial charge in [-0.2, -0.15) is 0 Å². The molecule has 0 aromatic carbocycles. The van der Waals surface area contributed by atoms with Gasteiger partial charge in [0.1, 0.15) is 0 Å². The van der Waals surface area contributed by atoms with Gasteiger partial charge < -0.3 is 9.88 Å². The van der Waals surface area contributed by atoms with Gasteiger partial charge >= 0.3 is 0 Å². The number of hydrogen-bond acceptors (Lipinski definition) is 4. The molecule has 6 heteroatoms. The van der Waals surface area contributed by atoms with Crippen molar-refractivity contribution in [2.75, 3.05) is 19.6 Å². The van der Waals surface area contributed by atoms with Crippen LogP contribution >= 0.6 is 11.9 Å². The van der Waals surface area contributed by atoms with Crippen LogP contribution in [0, 0.1) is 5.92 Å². The van der Waals surface area contributed by atoms with Crippen LogP contribution in [0.3, 0.4) is 0 Å². The number of amides is 1. The molecular weight excluding hydrogens is 416 g/mol. The van der Waals surface area contributed by atoms with Crippen LogP contribution in [-0.4, -0.2) is 45.2 Å². The first-order valence-electron chi connectivity index (χ1n) is 12.6. The van der Waals surface area contributed by atoms with E-state index in [1.54, 1.807) is 0 Å². The molecule has 3 rings (SSSR count). The van der Waals surface area contributed by atoms with Crippen LogP contribution in [0.1, 0.15) is 84.3 Å². The Morgan fingerprint density at radius 1 is 1.25 bits per heavy atom. The number of nitrogens with one attached hydrogen (secondary N) is 1. The molecule has 1 unspecified atom stereocenters. The van der Waals surface area contributed by atoms with E-state index < -0.39 is 0 Å². The van der Waals surface area contributed by atoms with Crippen LogP contribution in [0.15, 0.2) is 30.8 Å². The molecule has 1 atom stereocenters. The third-order valence-corrected chi connectivity index (χ3v) is 7.59. The van der Waals surface area contributed by atoms with Crippen molar-refractivity contribution in [1.82, 2.24) is 19.2 Å². The Labute approximate surface area is 200 Å². The highest BCUT2D eigenvalue weighted by Crippen LogP contribution is 2.28. The van der Waals surface area contributed by atoms with Crippen molar-refractivity contribution in [2.45, 2.75) is 90.4 Å². The van der Waals surface area contributed by atoms with Gasteiger partial charge in [-0.25, -0.2) is 4.98 Å². The van der Waals surface area contributed by atoms with Crippen LogP contribution < -0.4 is 5.32 Å². The number of unbranched alkanes of at least 4 members (excludes halogenated alkanes) is 1. The lowest BCUT2D eigenvalue weighted by Gasteiger charge is -2.32. The van der Waals surface area contributed by atoms with Crippen molar-refractivity contribution in [1.29, 1.82) is 0 Å². The Kier molecular flexibility index (Phi) is 13.5. The number of piperidine rings is 1. The Hall–Kier alpha value is -1.53. The average Bonchev–Trinajstić information content (AvgIpc) is 3.29. The van der Waals surface area contributed by atoms with E-state index in [1.165, 1.54) is 62.9 Å². The minimum atomic E-state index is 0.667. The van der Waals surface area contributed by atoms with E-state index >= 15 is 0 Å². The molecule has 1 N–H and O–H groups in total. The highest BCUT2D eigenvalue weighted by Gasteiger charge is 2.19. The smallest absolute Gasteiger partial charge is 0.207 e. The van der Waals surface area contributed by atoms with E-state index in [1.807, 2.05) is 24.5 Å². The molecule has 1 aliphatic carbocycles. The molecule has 2 aliphatic rings. The fourth-order valence-electron chi connectivity index (χ4n) is 4.09. The molecule has 1 amide bonds. The average molecular weight is 461 g/mol. The van der Waals surface area contributed by atoms with Gasteiger partial charge in [0.2, 0.25) is 6.41 Å². The van der Waals surface area contributed by atoms with Gasteiger partial charge in [0.25, 0.3) is 0 Å². The molecule has 1 fully saturated rings. The number of rotatable bonds is 12. The number of imidazole rings is 1. The number of aromatic nitrogens is 2. The van der Waals surface area contributed by atoms with E-state index in [0.717, 1.165) is 44.7 Å². The zero-order valence-corrected chi connectivity index (χ0v) is 21.3. The summed E-state index contributed by atoms with van der Waals surface area (Å²) in [6.07, 6.45) is 22.3. The van der Waals surface area contributed by atoms with Crippen molar-refractivity contribution < 1.29 is 4.79 Å². The summed E-state index contributed by atoms with van der Waals surface area (Å²) < 4.78 is 4.80. The first-order valence-corrected chi connectivity index (χ1v) is 13.5. The van der Waals surface area contributed by atoms with Gasteiger partial charge in [-0.1, -0.05) is 63.8 Å². The number of aryl methyl sites for hydroxylation is 1. The minimum Gasteiger partial charge on any atom is -0.359 e. The van der Waals surface area contributed by atoms with Crippen LogP contribution in [0.2, 0.25) is 0 Å². The van der Waals surface area contributed by atoms with E-state index in [2.05, 4.69) is 58.2 Å². The summed E-state index contributed by atoms with van der Waals surface area (Å²) in [7, 11) is 0. The van der Waals surface area contributed by atoms with Gasteiger partial charge in [-0.15, -0.1) is 0 Å². The summed E-state index contributed by atoms with van der Waals surface area (Å²) >= 11 is 2.02. The molecule has 1 aliphatic heterocycles. The molecule has 5 nitrogen and oxygen atoms in total. The molecule has 0 bridgehead atoms. The summed E-state index contributed by atoms with van der Waals surface area (Å²) in [5, 5.41) is 3.44. The summed E-state index contributed by atoms with van der Waals surface area (Å²) in [5.41, 5.74) is 2.72. The van der Waals surface area contributed by atoms with Crippen molar-refractivity contribution in [3.05, 3.63) is 36.4 Å². The van der Waals surface area contributed by atoms with Gasteiger partial charge in [0.15, 0.2) is 0 Å². The number of carbonyl (C=O) groups excluding carboxylic acids is 1. The van der Waals surface area contributed by atoms with E-state index in [9.17, 15) is 4.79 Å². The maximum absolute atomic E-state index is 10.2. The summed E-state index contributed by atoms with van der Waals surface area (Å²) in [6, 6.07) is 0. The van der Waals surface area contributed by atoms with Crippen LogP contribution in [0.4, 0.5) is 0 Å².